The van der Waals surface area contributed by atoms with Gasteiger partial charge in [-0.05, 0) is 66.0 Å². The third-order valence-corrected chi connectivity index (χ3v) is 11.7. The van der Waals surface area contributed by atoms with Crippen LogP contribution in [-0.2, 0) is 33.3 Å². The number of carbonyl (C=O) groups excluding carboxylic acids is 2. The van der Waals surface area contributed by atoms with Gasteiger partial charge in [0.2, 0.25) is 0 Å². The Morgan fingerprint density at radius 1 is 1.15 bits per heavy atom. The van der Waals surface area contributed by atoms with Crippen molar-refractivity contribution in [3.8, 4) is 0 Å². The third-order valence-electron chi connectivity index (χ3n) is 10.6. The van der Waals surface area contributed by atoms with Crippen molar-refractivity contribution < 1.29 is 53.8 Å². The number of cyclic esters (lactones) is 1. The number of aliphatic hydroxyl groups excluding tert-OH is 3. The third kappa shape index (κ3) is 10.8. The Morgan fingerprint density at radius 2 is 1.81 bits per heavy atom. The molecule has 0 radical (unpaired) electrons. The van der Waals surface area contributed by atoms with Gasteiger partial charge >= 0.3 is 11.9 Å². The highest BCUT2D eigenvalue weighted by Gasteiger charge is 2.56. The molecule has 0 amide bonds. The normalized spacial score (nSPS) is 41.7. The summed E-state index contributed by atoms with van der Waals surface area (Å²) in [6.07, 6.45) is -3.20. The summed E-state index contributed by atoms with van der Waals surface area (Å²) in [4.78, 5) is 40.1. The van der Waals surface area contributed by atoms with Gasteiger partial charge in [0, 0.05) is 36.0 Å². The highest BCUT2D eigenvalue weighted by Crippen LogP contribution is 2.47. The van der Waals surface area contributed by atoms with Crippen LogP contribution in [0.5, 0.6) is 0 Å². The summed E-state index contributed by atoms with van der Waals surface area (Å²) in [5, 5.41) is 43.3. The molecule has 0 spiro atoms. The van der Waals surface area contributed by atoms with Crippen LogP contribution in [0.15, 0.2) is 0 Å². The number of aliphatic hydroxyl groups is 3. The molecule has 15 unspecified atom stereocenters. The Hall–Kier alpha value is -1.36. The molecule has 0 saturated carbocycles. The van der Waals surface area contributed by atoms with Gasteiger partial charge in [-0.15, -0.1) is 11.8 Å². The van der Waals surface area contributed by atoms with Crippen LogP contribution in [0.1, 0.15) is 86.5 Å². The Morgan fingerprint density at radius 3 is 2.42 bits per heavy atom. The number of epoxide rings is 1. The number of ether oxygens (including phenoxy) is 4. The summed E-state index contributed by atoms with van der Waals surface area (Å²) >= 11 is 0.981. The molecule has 0 aromatic heterocycles. The molecular weight excluding hydrogens is 644 g/mol. The SMILES string of the molecule is CCC1OC(=O)CC(O)C(C)C(OC2OC(C)CC(N(C)C)C2O)C(CC(O)SCC(N)C(=O)O)CC(C)C(=O)CCC2(C)OC2C1C. The molecule has 3 fully saturated rings. The summed E-state index contributed by atoms with van der Waals surface area (Å²) in [6, 6.07) is -1.46. The second-order valence-electron chi connectivity index (χ2n) is 14.8. The first kappa shape index (κ1) is 41.1. The van der Waals surface area contributed by atoms with E-state index in [1.807, 2.05) is 53.6 Å². The molecule has 13 nitrogen and oxygen atoms in total. The van der Waals surface area contributed by atoms with Gasteiger partial charge in [-0.25, -0.2) is 0 Å². The van der Waals surface area contributed by atoms with E-state index in [-0.39, 0.29) is 61.4 Å². The van der Waals surface area contributed by atoms with Gasteiger partial charge in [0.05, 0.1) is 41.9 Å². The summed E-state index contributed by atoms with van der Waals surface area (Å²) in [5.74, 6) is -3.65. The number of fused-ring (bicyclic) bond motifs is 1. The van der Waals surface area contributed by atoms with Gasteiger partial charge in [0.15, 0.2) is 6.29 Å². The van der Waals surface area contributed by atoms with Gasteiger partial charge in [0.25, 0.3) is 0 Å². The minimum absolute atomic E-state index is 0.0194. The number of aliphatic carboxylic acids is 1. The number of carboxylic acid groups (broad SMARTS) is 1. The number of likely N-dealkylation sites (N-methyl/N-ethyl adjacent to an activating group) is 1. The summed E-state index contributed by atoms with van der Waals surface area (Å²) < 4.78 is 24.6. The first-order chi connectivity index (χ1) is 22.4. The zero-order valence-corrected chi connectivity index (χ0v) is 30.6. The number of hydrogen-bond acceptors (Lipinski definition) is 13. The number of nitrogens with zero attached hydrogens (tertiary/aromatic N) is 1. The molecule has 15 atom stereocenters. The fourth-order valence-corrected chi connectivity index (χ4v) is 8.28. The molecular formula is C34H60N2O11S. The van der Waals surface area contributed by atoms with E-state index in [9.17, 15) is 34.8 Å². The largest absolute Gasteiger partial charge is 0.480 e. The van der Waals surface area contributed by atoms with Crippen LogP contribution in [0.4, 0.5) is 0 Å². The number of carboxylic acids is 1. The van der Waals surface area contributed by atoms with Gasteiger partial charge in [-0.2, -0.15) is 0 Å². The number of Topliss-reactive ketones (excluding diaryl/α,β-unsaturated/α-hetero) is 1. The number of thioether (sulfide) groups is 1. The maximum absolute atomic E-state index is 13.6. The lowest BCUT2D eigenvalue weighted by atomic mass is 9.78. The molecule has 278 valence electrons. The lowest BCUT2D eigenvalue weighted by Gasteiger charge is -2.44. The first-order valence-electron chi connectivity index (χ1n) is 17.4. The Balaban J connectivity index is 1.99. The Bertz CT molecular complexity index is 1080. The zero-order chi connectivity index (χ0) is 36.1. The van der Waals surface area contributed by atoms with E-state index in [0.717, 1.165) is 11.8 Å². The van der Waals surface area contributed by atoms with E-state index in [4.69, 9.17) is 24.7 Å². The Kier molecular flexibility index (Phi) is 15.2. The molecule has 0 aliphatic carbocycles. The number of esters is 1. The highest BCUT2D eigenvalue weighted by atomic mass is 32.2. The average molecular weight is 705 g/mol. The lowest BCUT2D eigenvalue weighted by molar-refractivity contribution is -0.283. The monoisotopic (exact) mass is 704 g/mol. The summed E-state index contributed by atoms with van der Waals surface area (Å²) in [5.41, 5.74) is 4.10. The quantitative estimate of drug-likeness (QED) is 0.126. The van der Waals surface area contributed by atoms with Gasteiger partial charge < -0.3 is 50.0 Å². The van der Waals surface area contributed by atoms with Crippen LogP contribution in [0.2, 0.25) is 0 Å². The fraction of sp³-hybridized carbons (Fsp3) is 0.912. The van der Waals surface area contributed by atoms with Gasteiger partial charge in [-0.3, -0.25) is 14.4 Å². The van der Waals surface area contributed by atoms with Crippen LogP contribution >= 0.6 is 11.8 Å². The van der Waals surface area contributed by atoms with Crippen molar-refractivity contribution >= 4 is 29.5 Å². The maximum atomic E-state index is 13.6. The van der Waals surface area contributed by atoms with Gasteiger partial charge in [0.1, 0.15) is 24.0 Å². The second kappa shape index (κ2) is 17.7. The molecule has 0 bridgehead atoms. The van der Waals surface area contributed by atoms with Crippen molar-refractivity contribution in [2.24, 2.45) is 29.4 Å². The van der Waals surface area contributed by atoms with Crippen molar-refractivity contribution in [2.45, 2.75) is 153 Å². The standard InChI is InChI=1S/C34H60N2O11S/c1-9-26-20(5)31-34(6,47-31)11-10-24(37)17(2)12-21(14-28(40)48-16-22(35)32(42)43)30(19(4)25(38)15-27(39)45-26)46-33-29(41)23(36(7)8)13-18(3)44-33/h17-23,25-26,28-31,33,38,40-41H,9-16,35H2,1-8H3,(H,42,43). The van der Waals surface area contributed by atoms with Gasteiger partial charge in [-0.1, -0.05) is 27.7 Å². The van der Waals surface area contributed by atoms with E-state index in [1.54, 1.807) is 6.92 Å². The minimum atomic E-state index is -1.23. The van der Waals surface area contributed by atoms with E-state index in [1.165, 1.54) is 0 Å². The molecule has 3 aliphatic rings. The van der Waals surface area contributed by atoms with E-state index in [2.05, 4.69) is 0 Å². The number of hydrogen-bond donors (Lipinski definition) is 5. The minimum Gasteiger partial charge on any atom is -0.480 e. The molecule has 3 aliphatic heterocycles. The smallest absolute Gasteiger partial charge is 0.321 e. The van der Waals surface area contributed by atoms with E-state index >= 15 is 0 Å². The predicted molar refractivity (Wildman–Crippen MR) is 180 cm³/mol. The first-order valence-corrected chi connectivity index (χ1v) is 18.4. The van der Waals surface area contributed by atoms with Crippen molar-refractivity contribution in [3.63, 3.8) is 0 Å². The van der Waals surface area contributed by atoms with Crippen LogP contribution in [-0.4, -0.2) is 129 Å². The number of ketones is 1. The molecule has 3 rings (SSSR count). The molecule has 0 aromatic carbocycles. The van der Waals surface area contributed by atoms with Crippen LogP contribution < -0.4 is 5.73 Å². The summed E-state index contributed by atoms with van der Waals surface area (Å²) in [7, 11) is 3.72. The Labute approximate surface area is 289 Å². The van der Waals surface area contributed by atoms with Crippen molar-refractivity contribution in [3.05, 3.63) is 0 Å². The molecule has 3 heterocycles. The molecule has 3 saturated heterocycles. The topological polar surface area (TPSA) is 202 Å². The lowest BCUT2D eigenvalue weighted by Crippen LogP contribution is -2.56. The fourth-order valence-electron chi connectivity index (χ4n) is 7.33. The van der Waals surface area contributed by atoms with Crippen LogP contribution in [0.25, 0.3) is 0 Å². The predicted octanol–water partition coefficient (Wildman–Crippen LogP) is 2.16. The van der Waals surface area contributed by atoms with Crippen LogP contribution in [0.3, 0.4) is 0 Å². The van der Waals surface area contributed by atoms with E-state index in [0.29, 0.717) is 19.3 Å². The average Bonchev–Trinajstić information content (AvgIpc) is 3.70. The molecule has 48 heavy (non-hydrogen) atoms. The van der Waals surface area contributed by atoms with Crippen molar-refractivity contribution in [1.82, 2.24) is 4.90 Å². The van der Waals surface area contributed by atoms with Crippen LogP contribution in [0, 0.1) is 23.7 Å². The molecule has 0 aromatic rings. The molecule has 14 heteroatoms. The van der Waals surface area contributed by atoms with Crippen molar-refractivity contribution in [2.75, 3.05) is 19.8 Å². The second-order valence-corrected chi connectivity index (χ2v) is 16.0. The number of carbonyl (C=O) groups is 3. The maximum Gasteiger partial charge on any atom is 0.321 e. The highest BCUT2D eigenvalue weighted by molar-refractivity contribution is 7.99. The summed E-state index contributed by atoms with van der Waals surface area (Å²) in [6.45, 7) is 11.3. The van der Waals surface area contributed by atoms with Crippen molar-refractivity contribution in [1.29, 1.82) is 0 Å². The number of nitrogens with two attached hydrogens (primary N) is 1. The zero-order valence-electron chi connectivity index (χ0n) is 29.8. The van der Waals surface area contributed by atoms with E-state index < -0.39 is 77.5 Å². The molecule has 6 N–H and O–H groups in total. The number of rotatable bonds is 10.